The van der Waals surface area contributed by atoms with Crippen LogP contribution in [0.4, 0.5) is 0 Å². The Morgan fingerprint density at radius 2 is 2.30 bits per heavy atom. The molecule has 0 amide bonds. The Hall–Kier alpha value is -0.203. The number of hydrogen-bond donors (Lipinski definition) is 0. The zero-order chi connectivity index (χ0) is 14.8. The van der Waals surface area contributed by atoms with Gasteiger partial charge in [0.1, 0.15) is 0 Å². The molecule has 1 heterocycles. The van der Waals surface area contributed by atoms with Crippen LogP contribution in [0.15, 0.2) is 12.7 Å². The minimum Gasteiger partial charge on any atom is -0.398 e. The molecule has 0 aromatic heterocycles. The molecule has 0 N–H and O–H groups in total. The van der Waals surface area contributed by atoms with Crippen molar-refractivity contribution >= 4 is 8.56 Å². The van der Waals surface area contributed by atoms with Gasteiger partial charge in [0.25, 0.3) is 0 Å². The van der Waals surface area contributed by atoms with E-state index in [9.17, 15) is 0 Å². The van der Waals surface area contributed by atoms with Gasteiger partial charge in [0.2, 0.25) is 0 Å². The highest BCUT2D eigenvalue weighted by molar-refractivity contribution is 6.66. The standard InChI is InChI=1S/C15H31NO3Si/c1-5-7-10-16(9-6-2)13-15-14-18-11-8-12-20(4,17-3)19-15/h6,15H,2,5,7-14H2,1,3-4H3. The summed E-state index contributed by atoms with van der Waals surface area (Å²) in [6, 6.07) is 1.01. The molecule has 1 rings (SSSR count). The predicted octanol–water partition coefficient (Wildman–Crippen LogP) is 2.80. The lowest BCUT2D eigenvalue weighted by Crippen LogP contribution is -2.48. The zero-order valence-electron chi connectivity index (χ0n) is 13.4. The molecule has 4 nitrogen and oxygen atoms in total. The van der Waals surface area contributed by atoms with Gasteiger partial charge in [0.15, 0.2) is 0 Å². The van der Waals surface area contributed by atoms with Crippen molar-refractivity contribution in [2.45, 2.75) is 44.9 Å². The Bertz CT molecular complexity index is 278. The lowest BCUT2D eigenvalue weighted by Gasteiger charge is -2.35. The molecule has 2 atom stereocenters. The topological polar surface area (TPSA) is 30.9 Å². The van der Waals surface area contributed by atoms with Crippen molar-refractivity contribution in [3.63, 3.8) is 0 Å². The van der Waals surface area contributed by atoms with Gasteiger partial charge in [-0.3, -0.25) is 4.90 Å². The van der Waals surface area contributed by atoms with Gasteiger partial charge >= 0.3 is 8.56 Å². The summed E-state index contributed by atoms with van der Waals surface area (Å²) in [5.74, 6) is 0. The fraction of sp³-hybridized carbons (Fsp3) is 0.867. The van der Waals surface area contributed by atoms with Crippen molar-refractivity contribution in [1.82, 2.24) is 4.90 Å². The molecule has 1 aliphatic rings. The Morgan fingerprint density at radius 3 is 2.95 bits per heavy atom. The van der Waals surface area contributed by atoms with Crippen LogP contribution in [0.3, 0.4) is 0 Å². The first-order chi connectivity index (χ1) is 9.63. The molecule has 0 aromatic carbocycles. The van der Waals surface area contributed by atoms with Crippen LogP contribution in [0.25, 0.3) is 0 Å². The normalized spacial score (nSPS) is 28.1. The lowest BCUT2D eigenvalue weighted by molar-refractivity contribution is 0.00215. The molecule has 0 aromatic rings. The minimum atomic E-state index is -2.01. The summed E-state index contributed by atoms with van der Waals surface area (Å²) in [7, 11) is -0.228. The maximum atomic E-state index is 6.30. The number of nitrogens with zero attached hydrogens (tertiary/aromatic N) is 1. The largest absolute Gasteiger partial charge is 0.398 e. The summed E-state index contributed by atoms with van der Waals surface area (Å²) >= 11 is 0. The van der Waals surface area contributed by atoms with E-state index in [2.05, 4.69) is 24.9 Å². The van der Waals surface area contributed by atoms with E-state index >= 15 is 0 Å². The monoisotopic (exact) mass is 301 g/mol. The predicted molar refractivity (Wildman–Crippen MR) is 85.3 cm³/mol. The third-order valence-electron chi connectivity index (χ3n) is 3.75. The number of unbranched alkanes of at least 4 members (excludes halogenated alkanes) is 1. The Morgan fingerprint density at radius 1 is 1.50 bits per heavy atom. The van der Waals surface area contributed by atoms with E-state index in [4.69, 9.17) is 13.6 Å². The highest BCUT2D eigenvalue weighted by Gasteiger charge is 2.35. The lowest BCUT2D eigenvalue weighted by atomic mass is 10.2. The van der Waals surface area contributed by atoms with Crippen LogP contribution in [0.2, 0.25) is 12.6 Å². The quantitative estimate of drug-likeness (QED) is 0.509. The zero-order valence-corrected chi connectivity index (χ0v) is 14.4. The molecule has 118 valence electrons. The number of hydrogen-bond acceptors (Lipinski definition) is 4. The maximum Gasteiger partial charge on any atom is 0.335 e. The fourth-order valence-corrected chi connectivity index (χ4v) is 4.56. The van der Waals surface area contributed by atoms with E-state index in [-0.39, 0.29) is 6.10 Å². The van der Waals surface area contributed by atoms with E-state index in [1.807, 2.05) is 6.08 Å². The first-order valence-corrected chi connectivity index (χ1v) is 10.3. The molecule has 2 unspecified atom stereocenters. The molecule has 0 aliphatic carbocycles. The van der Waals surface area contributed by atoms with Gasteiger partial charge in [-0.25, -0.2) is 0 Å². The molecule has 20 heavy (non-hydrogen) atoms. The SMILES string of the molecule is C=CCN(CCCC)CC1COCCC[Si](C)(OC)O1. The molecule has 1 fully saturated rings. The molecular weight excluding hydrogens is 270 g/mol. The van der Waals surface area contributed by atoms with Gasteiger partial charge in [0.05, 0.1) is 12.7 Å². The summed E-state index contributed by atoms with van der Waals surface area (Å²) in [4.78, 5) is 2.40. The average Bonchev–Trinajstić information content (AvgIpc) is 2.42. The number of rotatable bonds is 8. The van der Waals surface area contributed by atoms with Gasteiger partial charge in [-0.1, -0.05) is 19.4 Å². The summed E-state index contributed by atoms with van der Waals surface area (Å²) in [5, 5.41) is 0. The van der Waals surface area contributed by atoms with E-state index in [0.29, 0.717) is 6.61 Å². The summed E-state index contributed by atoms with van der Waals surface area (Å²) in [6.45, 7) is 12.6. The van der Waals surface area contributed by atoms with Crippen molar-refractivity contribution in [2.75, 3.05) is 40.0 Å². The van der Waals surface area contributed by atoms with Gasteiger partial charge in [-0.15, -0.1) is 6.58 Å². The molecule has 1 saturated heterocycles. The maximum absolute atomic E-state index is 6.30. The highest BCUT2D eigenvalue weighted by atomic mass is 28.4. The molecular formula is C15H31NO3Si. The molecule has 0 saturated carbocycles. The first kappa shape index (κ1) is 17.8. The van der Waals surface area contributed by atoms with Crippen molar-refractivity contribution in [2.24, 2.45) is 0 Å². The van der Waals surface area contributed by atoms with Gasteiger partial charge in [-0.05, 0) is 32.0 Å². The van der Waals surface area contributed by atoms with Crippen LogP contribution >= 0.6 is 0 Å². The van der Waals surface area contributed by atoms with Gasteiger partial charge < -0.3 is 13.6 Å². The van der Waals surface area contributed by atoms with E-state index in [1.54, 1.807) is 7.11 Å². The smallest absolute Gasteiger partial charge is 0.335 e. The van der Waals surface area contributed by atoms with Crippen LogP contribution in [-0.2, 0) is 13.6 Å². The molecule has 0 spiro atoms. The van der Waals surface area contributed by atoms with E-state index in [0.717, 1.165) is 38.7 Å². The van der Waals surface area contributed by atoms with Crippen molar-refractivity contribution in [1.29, 1.82) is 0 Å². The van der Waals surface area contributed by atoms with Gasteiger partial charge in [0, 0.05) is 26.8 Å². The summed E-state index contributed by atoms with van der Waals surface area (Å²) < 4.78 is 17.7. The molecule has 0 bridgehead atoms. The second-order valence-corrected chi connectivity index (χ2v) is 9.07. The second kappa shape index (κ2) is 9.68. The fourth-order valence-electron chi connectivity index (χ4n) is 2.51. The Kier molecular flexibility index (Phi) is 8.64. The van der Waals surface area contributed by atoms with Crippen molar-refractivity contribution < 1.29 is 13.6 Å². The van der Waals surface area contributed by atoms with Crippen LogP contribution in [0.1, 0.15) is 26.2 Å². The van der Waals surface area contributed by atoms with Gasteiger partial charge in [-0.2, -0.15) is 0 Å². The summed E-state index contributed by atoms with van der Waals surface area (Å²) in [5.41, 5.74) is 0. The minimum absolute atomic E-state index is 0.115. The Balaban J connectivity index is 2.57. The van der Waals surface area contributed by atoms with E-state index < -0.39 is 8.56 Å². The third-order valence-corrected chi connectivity index (χ3v) is 6.71. The highest BCUT2D eigenvalue weighted by Crippen LogP contribution is 2.20. The summed E-state index contributed by atoms with van der Waals surface area (Å²) in [6.07, 6.45) is 5.53. The molecule has 0 radical (unpaired) electrons. The van der Waals surface area contributed by atoms with Crippen LogP contribution in [-0.4, -0.2) is 59.5 Å². The van der Waals surface area contributed by atoms with Crippen LogP contribution < -0.4 is 0 Å². The number of ether oxygens (including phenoxy) is 1. The van der Waals surface area contributed by atoms with Crippen LogP contribution in [0, 0.1) is 0 Å². The average molecular weight is 302 g/mol. The Labute approximate surface area is 125 Å². The molecule has 5 heteroatoms. The van der Waals surface area contributed by atoms with Crippen molar-refractivity contribution in [3.05, 3.63) is 12.7 Å². The molecule has 1 aliphatic heterocycles. The van der Waals surface area contributed by atoms with E-state index in [1.165, 1.54) is 12.8 Å². The second-order valence-electron chi connectivity index (χ2n) is 5.66. The first-order valence-electron chi connectivity index (χ1n) is 7.77. The van der Waals surface area contributed by atoms with Crippen molar-refractivity contribution in [3.8, 4) is 0 Å². The third kappa shape index (κ3) is 6.50. The van der Waals surface area contributed by atoms with Crippen LogP contribution in [0.5, 0.6) is 0 Å².